The Morgan fingerprint density at radius 2 is 1.77 bits per heavy atom. The predicted molar refractivity (Wildman–Crippen MR) is 132 cm³/mol. The Morgan fingerprint density at radius 1 is 1.03 bits per heavy atom. The van der Waals surface area contributed by atoms with E-state index in [1.165, 1.54) is 56.5 Å². The summed E-state index contributed by atoms with van der Waals surface area (Å²) >= 11 is 6.02. The Kier molecular flexibility index (Phi) is 7.96. The lowest BCUT2D eigenvalue weighted by atomic mass is 10.1. The fourth-order valence-electron chi connectivity index (χ4n) is 3.11. The highest BCUT2D eigenvalue weighted by Gasteiger charge is 2.19. The molecule has 0 fully saturated rings. The number of hydrogen-bond acceptors (Lipinski definition) is 6. The molecule has 0 aliphatic carbocycles. The Balaban J connectivity index is 1.99. The van der Waals surface area contributed by atoms with Gasteiger partial charge in [-0.05, 0) is 48.9 Å². The third-order valence-corrected chi connectivity index (χ3v) is 5.05. The van der Waals surface area contributed by atoms with Gasteiger partial charge in [-0.15, -0.1) is 0 Å². The minimum atomic E-state index is -0.716. The van der Waals surface area contributed by atoms with Gasteiger partial charge in [-0.1, -0.05) is 35.9 Å². The third-order valence-electron chi connectivity index (χ3n) is 4.82. The van der Waals surface area contributed by atoms with Gasteiger partial charge in [-0.25, -0.2) is 0 Å². The maximum absolute atomic E-state index is 13.1. The number of ether oxygens (including phenoxy) is 1. The summed E-state index contributed by atoms with van der Waals surface area (Å²) in [4.78, 5) is 48.4. The van der Waals surface area contributed by atoms with Crippen LogP contribution in [0.15, 0.2) is 72.4 Å². The molecule has 0 aliphatic heterocycles. The molecular weight excluding hydrogens is 474 g/mol. The highest BCUT2D eigenvalue weighted by molar-refractivity contribution is 6.31. The zero-order valence-electron chi connectivity index (χ0n) is 18.7. The van der Waals surface area contributed by atoms with Crippen LogP contribution in [-0.2, 0) is 4.79 Å². The molecule has 0 radical (unpaired) electrons. The van der Waals surface area contributed by atoms with Crippen LogP contribution in [-0.4, -0.2) is 29.6 Å². The Hall–Kier alpha value is -4.50. The monoisotopic (exact) mass is 493 g/mol. The minimum absolute atomic E-state index is 0.0799. The molecule has 2 N–H and O–H groups in total. The molecule has 10 heteroatoms. The molecule has 0 aliphatic rings. The molecule has 0 saturated carbocycles. The van der Waals surface area contributed by atoms with Crippen molar-refractivity contribution in [3.05, 3.63) is 104 Å². The lowest BCUT2D eigenvalue weighted by Crippen LogP contribution is -2.31. The molecular formula is C25H20ClN3O6. The molecule has 3 aromatic carbocycles. The number of nitro groups is 1. The summed E-state index contributed by atoms with van der Waals surface area (Å²) in [6.45, 7) is 1.40. The molecule has 0 saturated heterocycles. The number of nitrogens with zero attached hydrogens (tertiary/aromatic N) is 1. The average molecular weight is 494 g/mol. The number of Topliss-reactive ketones (excluding diaryl/α,β-unsaturated/α-hetero) is 1. The Bertz CT molecular complexity index is 1350. The van der Waals surface area contributed by atoms with Crippen LogP contribution in [0.4, 0.5) is 11.4 Å². The number of methoxy groups -OCH3 is 1. The molecule has 0 spiro atoms. The fourth-order valence-corrected chi connectivity index (χ4v) is 3.29. The van der Waals surface area contributed by atoms with E-state index >= 15 is 0 Å². The Labute approximate surface area is 205 Å². The first-order valence-electron chi connectivity index (χ1n) is 10.2. The first-order valence-corrected chi connectivity index (χ1v) is 10.6. The quantitative estimate of drug-likeness (QED) is 0.199. The second-order valence-electron chi connectivity index (χ2n) is 7.30. The summed E-state index contributed by atoms with van der Waals surface area (Å²) in [6.07, 6.45) is 1.30. The van der Waals surface area contributed by atoms with Crippen molar-refractivity contribution in [3.63, 3.8) is 0 Å². The summed E-state index contributed by atoms with van der Waals surface area (Å²) in [5.74, 6) is -1.36. The van der Waals surface area contributed by atoms with E-state index in [1.807, 2.05) is 0 Å². The fraction of sp³-hybridized carbons (Fsp3) is 0.0800. The maximum atomic E-state index is 13.1. The van der Waals surface area contributed by atoms with Gasteiger partial charge in [0.1, 0.15) is 11.4 Å². The lowest BCUT2D eigenvalue weighted by molar-refractivity contribution is -0.384. The van der Waals surface area contributed by atoms with E-state index in [4.69, 9.17) is 16.3 Å². The highest BCUT2D eigenvalue weighted by atomic mass is 35.5. The van der Waals surface area contributed by atoms with E-state index in [1.54, 1.807) is 30.3 Å². The number of hydrogen-bond donors (Lipinski definition) is 2. The first-order chi connectivity index (χ1) is 16.7. The molecule has 3 rings (SSSR count). The maximum Gasteiger partial charge on any atom is 0.272 e. The second-order valence-corrected chi connectivity index (χ2v) is 7.74. The number of rotatable bonds is 8. The summed E-state index contributed by atoms with van der Waals surface area (Å²) in [7, 11) is 1.38. The van der Waals surface area contributed by atoms with Gasteiger partial charge in [-0.3, -0.25) is 24.5 Å². The van der Waals surface area contributed by atoms with Crippen LogP contribution in [0.2, 0.25) is 5.02 Å². The summed E-state index contributed by atoms with van der Waals surface area (Å²) in [5.41, 5.74) is 0.708. The summed E-state index contributed by atoms with van der Waals surface area (Å²) < 4.78 is 5.21. The number of carbonyl (C=O) groups is 3. The topological polar surface area (TPSA) is 128 Å². The molecule has 2 amide bonds. The van der Waals surface area contributed by atoms with Crippen LogP contribution in [0.25, 0.3) is 6.08 Å². The van der Waals surface area contributed by atoms with Crippen LogP contribution in [0.1, 0.15) is 33.2 Å². The van der Waals surface area contributed by atoms with Crippen molar-refractivity contribution in [1.82, 2.24) is 5.32 Å². The molecule has 35 heavy (non-hydrogen) atoms. The van der Waals surface area contributed by atoms with E-state index in [9.17, 15) is 24.5 Å². The Morgan fingerprint density at radius 3 is 2.46 bits per heavy atom. The number of halogens is 1. The normalized spacial score (nSPS) is 10.9. The van der Waals surface area contributed by atoms with Crippen molar-refractivity contribution in [2.45, 2.75) is 6.92 Å². The smallest absolute Gasteiger partial charge is 0.272 e. The molecule has 0 aromatic heterocycles. The zero-order chi connectivity index (χ0) is 25.5. The van der Waals surface area contributed by atoms with Gasteiger partial charge in [0.2, 0.25) is 0 Å². The van der Waals surface area contributed by atoms with Crippen LogP contribution >= 0.6 is 11.6 Å². The van der Waals surface area contributed by atoms with E-state index in [-0.39, 0.29) is 33.5 Å². The molecule has 178 valence electrons. The van der Waals surface area contributed by atoms with Crippen molar-refractivity contribution >= 4 is 46.6 Å². The number of carbonyl (C=O) groups excluding carboxylic acids is 3. The largest absolute Gasteiger partial charge is 0.496 e. The standard InChI is InChI=1S/C25H20ClN3O6/c1-15(30)17-6-4-7-19(13-17)27-25(32)22(12-16-5-3-8-20(11-16)29(33)34)28-24(31)21-14-18(26)9-10-23(21)35-2/h3-14H,1-2H3,(H,27,32)(H,28,31)/b22-12-. The number of amides is 2. The van der Waals surface area contributed by atoms with Gasteiger partial charge in [-0.2, -0.15) is 0 Å². The van der Waals surface area contributed by atoms with Crippen molar-refractivity contribution in [3.8, 4) is 5.75 Å². The third kappa shape index (κ3) is 6.52. The van der Waals surface area contributed by atoms with Gasteiger partial charge < -0.3 is 15.4 Å². The van der Waals surface area contributed by atoms with Crippen LogP contribution in [0.3, 0.4) is 0 Å². The van der Waals surface area contributed by atoms with Crippen LogP contribution in [0, 0.1) is 10.1 Å². The zero-order valence-corrected chi connectivity index (χ0v) is 19.5. The molecule has 9 nitrogen and oxygen atoms in total. The van der Waals surface area contributed by atoms with E-state index in [2.05, 4.69) is 10.6 Å². The van der Waals surface area contributed by atoms with E-state index < -0.39 is 16.7 Å². The number of non-ortho nitro benzene ring substituents is 1. The van der Waals surface area contributed by atoms with Crippen molar-refractivity contribution in [1.29, 1.82) is 0 Å². The molecule has 0 bridgehead atoms. The first kappa shape index (κ1) is 25.1. The molecule has 0 unspecified atom stereocenters. The van der Waals surface area contributed by atoms with Gasteiger partial charge in [0.25, 0.3) is 17.5 Å². The summed E-state index contributed by atoms with van der Waals surface area (Å²) in [6, 6.07) is 16.3. The number of nitrogens with one attached hydrogen (secondary N) is 2. The van der Waals surface area contributed by atoms with Gasteiger partial charge in [0.15, 0.2) is 5.78 Å². The number of anilines is 1. The van der Waals surface area contributed by atoms with Crippen molar-refractivity contribution in [2.24, 2.45) is 0 Å². The SMILES string of the molecule is COc1ccc(Cl)cc1C(=O)N/C(=C\c1cccc([N+](=O)[O-])c1)C(=O)Nc1cccc(C(C)=O)c1. The lowest BCUT2D eigenvalue weighted by Gasteiger charge is -2.13. The predicted octanol–water partition coefficient (Wildman–Crippen LogP) is 4.87. The average Bonchev–Trinajstić information content (AvgIpc) is 2.83. The number of ketones is 1. The van der Waals surface area contributed by atoms with Crippen molar-refractivity contribution < 1.29 is 24.0 Å². The molecule has 3 aromatic rings. The number of benzene rings is 3. The molecule has 0 heterocycles. The minimum Gasteiger partial charge on any atom is -0.496 e. The van der Waals surface area contributed by atoms with Crippen molar-refractivity contribution in [2.75, 3.05) is 12.4 Å². The van der Waals surface area contributed by atoms with Crippen LogP contribution in [0.5, 0.6) is 5.75 Å². The summed E-state index contributed by atoms with van der Waals surface area (Å²) in [5, 5.41) is 16.6. The van der Waals surface area contributed by atoms with Gasteiger partial charge >= 0.3 is 0 Å². The van der Waals surface area contributed by atoms with E-state index in [0.717, 1.165) is 0 Å². The van der Waals surface area contributed by atoms with Crippen LogP contribution < -0.4 is 15.4 Å². The van der Waals surface area contributed by atoms with Gasteiger partial charge in [0, 0.05) is 28.4 Å². The molecule has 0 atom stereocenters. The second kappa shape index (κ2) is 11.1. The van der Waals surface area contributed by atoms with Gasteiger partial charge in [0.05, 0.1) is 17.6 Å². The van der Waals surface area contributed by atoms with E-state index in [0.29, 0.717) is 16.8 Å². The highest BCUT2D eigenvalue weighted by Crippen LogP contribution is 2.23. The number of nitro benzene ring substituents is 1.